The van der Waals surface area contributed by atoms with Gasteiger partial charge >= 0.3 is 0 Å². The molecule has 36 heavy (non-hydrogen) atoms. The number of carbonyl (C=O) groups is 2. The van der Waals surface area contributed by atoms with Crippen molar-refractivity contribution in [1.82, 2.24) is 10.6 Å². The highest BCUT2D eigenvalue weighted by Gasteiger charge is 2.17. The lowest BCUT2D eigenvalue weighted by molar-refractivity contribution is -0.117. The van der Waals surface area contributed by atoms with Crippen LogP contribution < -0.4 is 24.8 Å². The van der Waals surface area contributed by atoms with Gasteiger partial charge in [0.2, 0.25) is 0 Å². The Balaban J connectivity index is 1.63. The summed E-state index contributed by atoms with van der Waals surface area (Å²) in [6, 6.07) is 16.5. The number of methoxy groups -OCH3 is 2. The predicted molar refractivity (Wildman–Crippen MR) is 143 cm³/mol. The molecule has 2 aromatic carbocycles. The quantitative estimate of drug-likeness (QED) is 0.296. The molecule has 0 saturated heterocycles. The van der Waals surface area contributed by atoms with Crippen LogP contribution in [0.15, 0.2) is 65.7 Å². The molecular formula is C28H32N2O5S. The standard InChI is InChI=1S/C28H32N2O5S/c1-28(2,3)20-9-11-21(12-10-20)35-15-14-29-27(32)23(18-22-7-6-16-36-22)30-26(31)19-8-13-24(33-4)25(17-19)34-5/h6-13,16-18H,14-15H2,1-5H3,(H,29,32)(H,30,31)/b23-18-. The van der Waals surface area contributed by atoms with E-state index in [4.69, 9.17) is 14.2 Å². The Hall–Kier alpha value is -3.78. The maximum Gasteiger partial charge on any atom is 0.267 e. The van der Waals surface area contributed by atoms with Gasteiger partial charge in [-0.15, -0.1) is 11.3 Å². The van der Waals surface area contributed by atoms with Crippen molar-refractivity contribution < 1.29 is 23.8 Å². The third-order valence-corrected chi connectivity index (χ3v) is 6.16. The minimum Gasteiger partial charge on any atom is -0.493 e. The van der Waals surface area contributed by atoms with Crippen LogP contribution >= 0.6 is 11.3 Å². The van der Waals surface area contributed by atoms with Gasteiger partial charge in [0.1, 0.15) is 18.1 Å². The Kier molecular flexibility index (Phi) is 9.13. The lowest BCUT2D eigenvalue weighted by atomic mass is 9.87. The third kappa shape index (κ3) is 7.36. The van der Waals surface area contributed by atoms with Crippen LogP contribution in [0.1, 0.15) is 41.6 Å². The number of rotatable bonds is 10. The average molecular weight is 509 g/mol. The Morgan fingerprint density at radius 1 is 0.972 bits per heavy atom. The van der Waals surface area contributed by atoms with Crippen molar-refractivity contribution in [2.45, 2.75) is 26.2 Å². The lowest BCUT2D eigenvalue weighted by Crippen LogP contribution is -2.36. The maximum atomic E-state index is 12.9. The fourth-order valence-corrected chi connectivity index (χ4v) is 3.98. The average Bonchev–Trinajstić information content (AvgIpc) is 3.38. The van der Waals surface area contributed by atoms with Gasteiger partial charge in [0.05, 0.1) is 20.8 Å². The molecule has 3 rings (SSSR count). The topological polar surface area (TPSA) is 85.9 Å². The first-order valence-corrected chi connectivity index (χ1v) is 12.4. The molecule has 190 valence electrons. The van der Waals surface area contributed by atoms with Crippen LogP contribution in [0.4, 0.5) is 0 Å². The normalized spacial score (nSPS) is 11.5. The second kappa shape index (κ2) is 12.3. The number of hydrogen-bond acceptors (Lipinski definition) is 6. The molecule has 2 N–H and O–H groups in total. The Labute approximate surface area is 216 Å². The molecule has 0 atom stereocenters. The van der Waals surface area contributed by atoms with E-state index in [9.17, 15) is 9.59 Å². The number of ether oxygens (including phenoxy) is 3. The van der Waals surface area contributed by atoms with Crippen LogP contribution in [-0.2, 0) is 10.2 Å². The van der Waals surface area contributed by atoms with E-state index < -0.39 is 11.8 Å². The summed E-state index contributed by atoms with van der Waals surface area (Å²) in [6.07, 6.45) is 1.64. The summed E-state index contributed by atoms with van der Waals surface area (Å²) in [5.74, 6) is 0.807. The lowest BCUT2D eigenvalue weighted by Gasteiger charge is -2.19. The first kappa shape index (κ1) is 26.8. The van der Waals surface area contributed by atoms with Crippen molar-refractivity contribution >= 4 is 29.2 Å². The van der Waals surface area contributed by atoms with E-state index >= 15 is 0 Å². The van der Waals surface area contributed by atoms with Gasteiger partial charge in [-0.3, -0.25) is 9.59 Å². The number of nitrogens with one attached hydrogen (secondary N) is 2. The van der Waals surface area contributed by atoms with Crippen LogP contribution in [0.3, 0.4) is 0 Å². The Bertz CT molecular complexity index is 1200. The molecule has 2 amide bonds. The van der Waals surface area contributed by atoms with Crippen LogP contribution in [0.5, 0.6) is 17.2 Å². The molecule has 0 aliphatic carbocycles. The van der Waals surface area contributed by atoms with Crippen LogP contribution in [-0.4, -0.2) is 39.2 Å². The first-order chi connectivity index (χ1) is 17.2. The van der Waals surface area contributed by atoms with Crippen molar-refractivity contribution in [3.8, 4) is 17.2 Å². The van der Waals surface area contributed by atoms with Gasteiger partial charge < -0.3 is 24.8 Å². The largest absolute Gasteiger partial charge is 0.493 e. The van der Waals surface area contributed by atoms with Gasteiger partial charge in [0.25, 0.3) is 11.8 Å². The number of benzene rings is 2. The molecule has 1 aromatic heterocycles. The molecule has 3 aromatic rings. The smallest absolute Gasteiger partial charge is 0.267 e. The van der Waals surface area contributed by atoms with Gasteiger partial charge in [-0.05, 0) is 58.8 Å². The van der Waals surface area contributed by atoms with E-state index in [2.05, 4.69) is 31.4 Å². The summed E-state index contributed by atoms with van der Waals surface area (Å²) in [6.45, 7) is 7.03. The van der Waals surface area contributed by atoms with Crippen molar-refractivity contribution in [3.05, 3.63) is 81.7 Å². The van der Waals surface area contributed by atoms with Gasteiger partial charge in [0.15, 0.2) is 11.5 Å². The summed E-state index contributed by atoms with van der Waals surface area (Å²) in [5.41, 5.74) is 1.75. The number of carbonyl (C=O) groups excluding carboxylic acids is 2. The van der Waals surface area contributed by atoms with E-state index in [1.807, 2.05) is 41.8 Å². The molecule has 0 fully saturated rings. The molecule has 0 saturated carbocycles. The van der Waals surface area contributed by atoms with Gasteiger partial charge in [-0.2, -0.15) is 0 Å². The van der Waals surface area contributed by atoms with Crippen molar-refractivity contribution in [2.24, 2.45) is 0 Å². The maximum absolute atomic E-state index is 12.9. The summed E-state index contributed by atoms with van der Waals surface area (Å²) in [7, 11) is 3.02. The van der Waals surface area contributed by atoms with Crippen molar-refractivity contribution in [2.75, 3.05) is 27.4 Å². The molecular weight excluding hydrogens is 476 g/mol. The van der Waals surface area contributed by atoms with Gasteiger partial charge in [-0.25, -0.2) is 0 Å². The van der Waals surface area contributed by atoms with E-state index in [1.165, 1.54) is 31.1 Å². The molecule has 8 heteroatoms. The van der Waals surface area contributed by atoms with Crippen molar-refractivity contribution in [3.63, 3.8) is 0 Å². The first-order valence-electron chi connectivity index (χ1n) is 11.5. The molecule has 0 aliphatic heterocycles. The zero-order chi connectivity index (χ0) is 26.1. The Morgan fingerprint density at radius 3 is 2.31 bits per heavy atom. The SMILES string of the molecule is COc1ccc(C(=O)N/C(=C\c2cccs2)C(=O)NCCOc2ccc(C(C)(C)C)cc2)cc1OC. The molecule has 1 heterocycles. The summed E-state index contributed by atoms with van der Waals surface area (Å²) in [4.78, 5) is 26.7. The zero-order valence-electron chi connectivity index (χ0n) is 21.2. The van der Waals surface area contributed by atoms with Gasteiger partial charge in [0, 0.05) is 10.4 Å². The highest BCUT2D eigenvalue weighted by molar-refractivity contribution is 7.10. The van der Waals surface area contributed by atoms with Crippen LogP contribution in [0.25, 0.3) is 6.08 Å². The highest BCUT2D eigenvalue weighted by Crippen LogP contribution is 2.28. The van der Waals surface area contributed by atoms with Crippen LogP contribution in [0.2, 0.25) is 0 Å². The molecule has 0 radical (unpaired) electrons. The van der Waals surface area contributed by atoms with E-state index in [0.717, 1.165) is 10.6 Å². The summed E-state index contributed by atoms with van der Waals surface area (Å²) >= 11 is 1.46. The number of amides is 2. The minimum atomic E-state index is -0.441. The Morgan fingerprint density at radius 2 is 1.69 bits per heavy atom. The molecule has 0 aliphatic rings. The summed E-state index contributed by atoms with van der Waals surface area (Å²) < 4.78 is 16.3. The van der Waals surface area contributed by atoms with Gasteiger partial charge in [-0.1, -0.05) is 39.0 Å². The van der Waals surface area contributed by atoms with Crippen LogP contribution in [0, 0.1) is 0 Å². The number of hydrogen-bond donors (Lipinski definition) is 2. The van der Waals surface area contributed by atoms with E-state index in [-0.39, 0.29) is 24.3 Å². The predicted octanol–water partition coefficient (Wildman–Crippen LogP) is 5.03. The second-order valence-corrected chi connectivity index (χ2v) is 9.96. The molecule has 0 unspecified atom stereocenters. The van der Waals surface area contributed by atoms with Crippen molar-refractivity contribution in [1.29, 1.82) is 0 Å². The molecule has 0 spiro atoms. The molecule has 0 bridgehead atoms. The fourth-order valence-electron chi connectivity index (χ4n) is 3.33. The van der Waals surface area contributed by atoms with E-state index in [1.54, 1.807) is 24.3 Å². The monoisotopic (exact) mass is 508 g/mol. The summed E-state index contributed by atoms with van der Waals surface area (Å²) in [5, 5.41) is 7.43. The molecule has 7 nitrogen and oxygen atoms in total. The minimum absolute atomic E-state index is 0.0686. The second-order valence-electron chi connectivity index (χ2n) is 8.98. The van der Waals surface area contributed by atoms with E-state index in [0.29, 0.717) is 17.1 Å². The fraction of sp³-hybridized carbons (Fsp3) is 0.286. The zero-order valence-corrected chi connectivity index (χ0v) is 22.0. The highest BCUT2D eigenvalue weighted by atomic mass is 32.1. The third-order valence-electron chi connectivity index (χ3n) is 5.35. The number of thiophene rings is 1.